The lowest BCUT2D eigenvalue weighted by atomic mass is 10.1. The highest BCUT2D eigenvalue weighted by molar-refractivity contribution is 7.98. The fraction of sp³-hybridized carbons (Fsp3) is 0.500. The first kappa shape index (κ1) is 20.1. The highest BCUT2D eigenvalue weighted by Gasteiger charge is 2.05. The number of hydrogen-bond donors (Lipinski definition) is 2. The van der Waals surface area contributed by atoms with Crippen LogP contribution >= 0.6 is 11.8 Å². The highest BCUT2D eigenvalue weighted by Crippen LogP contribution is 2.11. The van der Waals surface area contributed by atoms with Gasteiger partial charge in [-0.1, -0.05) is 12.1 Å². The molecule has 2 N–H and O–H groups in total. The van der Waals surface area contributed by atoms with E-state index in [0.717, 1.165) is 48.6 Å². The van der Waals surface area contributed by atoms with Crippen molar-refractivity contribution in [3.05, 3.63) is 41.5 Å². The topological polar surface area (TPSA) is 76.4 Å². The Morgan fingerprint density at radius 3 is 2.54 bits per heavy atom. The standard InChI is InChI=1S/C18H28N6OS/c1-14-22-23-17(24(14)2)13-21-18(20-11-12-26-4)19-10-9-15-5-7-16(25-3)8-6-15/h5-8H,9-13H2,1-4H3,(H2,19,20,21). The Morgan fingerprint density at radius 2 is 1.92 bits per heavy atom. The Labute approximate surface area is 159 Å². The number of hydrogen-bond acceptors (Lipinski definition) is 5. The van der Waals surface area contributed by atoms with E-state index in [4.69, 9.17) is 4.74 Å². The van der Waals surface area contributed by atoms with Crippen molar-refractivity contribution in [2.75, 3.05) is 32.2 Å². The summed E-state index contributed by atoms with van der Waals surface area (Å²) in [6.45, 7) is 4.10. The maximum absolute atomic E-state index is 5.19. The smallest absolute Gasteiger partial charge is 0.191 e. The van der Waals surface area contributed by atoms with E-state index >= 15 is 0 Å². The van der Waals surface area contributed by atoms with Crippen LogP contribution in [0.15, 0.2) is 29.3 Å². The summed E-state index contributed by atoms with van der Waals surface area (Å²) in [5, 5.41) is 15.0. The number of benzene rings is 1. The lowest BCUT2D eigenvalue weighted by Gasteiger charge is -2.12. The van der Waals surface area contributed by atoms with Gasteiger partial charge < -0.3 is 19.9 Å². The molecule has 2 aromatic rings. The molecule has 0 amide bonds. The molecule has 0 unspecified atom stereocenters. The molecule has 0 spiro atoms. The summed E-state index contributed by atoms with van der Waals surface area (Å²) in [6.07, 6.45) is 3.01. The van der Waals surface area contributed by atoms with Crippen molar-refractivity contribution in [3.63, 3.8) is 0 Å². The molecule has 2 rings (SSSR count). The number of nitrogens with one attached hydrogen (secondary N) is 2. The average Bonchev–Trinajstić information content (AvgIpc) is 2.98. The third-order valence-corrected chi connectivity index (χ3v) is 4.64. The lowest BCUT2D eigenvalue weighted by molar-refractivity contribution is 0.414. The summed E-state index contributed by atoms with van der Waals surface area (Å²) >= 11 is 1.80. The van der Waals surface area contributed by atoms with E-state index in [-0.39, 0.29) is 0 Å². The van der Waals surface area contributed by atoms with Crippen LogP contribution in [0.25, 0.3) is 0 Å². The molecule has 0 atom stereocenters. The number of ether oxygens (including phenoxy) is 1. The number of thioether (sulfide) groups is 1. The fourth-order valence-electron chi connectivity index (χ4n) is 2.30. The Hall–Kier alpha value is -2.22. The number of nitrogens with zero attached hydrogens (tertiary/aromatic N) is 4. The van der Waals surface area contributed by atoms with Gasteiger partial charge in [-0.3, -0.25) is 0 Å². The van der Waals surface area contributed by atoms with Crippen LogP contribution in [-0.4, -0.2) is 52.9 Å². The summed E-state index contributed by atoms with van der Waals surface area (Å²) in [4.78, 5) is 4.64. The van der Waals surface area contributed by atoms with Crippen LogP contribution in [0.1, 0.15) is 17.2 Å². The number of methoxy groups -OCH3 is 1. The van der Waals surface area contributed by atoms with Crippen LogP contribution in [-0.2, 0) is 20.0 Å². The maximum Gasteiger partial charge on any atom is 0.191 e. The molecule has 8 heteroatoms. The quantitative estimate of drug-likeness (QED) is 0.395. The van der Waals surface area contributed by atoms with Gasteiger partial charge in [0.2, 0.25) is 0 Å². The number of aryl methyl sites for hydroxylation is 1. The number of guanidine groups is 1. The van der Waals surface area contributed by atoms with Gasteiger partial charge in [-0.15, -0.1) is 10.2 Å². The molecule has 0 aliphatic rings. The lowest BCUT2D eigenvalue weighted by Crippen LogP contribution is -2.39. The molecule has 0 bridgehead atoms. The van der Waals surface area contributed by atoms with Crippen molar-refractivity contribution >= 4 is 17.7 Å². The van der Waals surface area contributed by atoms with Crippen LogP contribution in [0.5, 0.6) is 5.75 Å². The van der Waals surface area contributed by atoms with E-state index in [1.54, 1.807) is 18.9 Å². The molecular formula is C18H28N6OS. The molecule has 1 heterocycles. The SMILES string of the molecule is COc1ccc(CCNC(=NCc2nnc(C)n2C)NCCSC)cc1. The molecule has 0 aliphatic carbocycles. The van der Waals surface area contributed by atoms with Crippen molar-refractivity contribution in [1.29, 1.82) is 0 Å². The van der Waals surface area contributed by atoms with Crippen molar-refractivity contribution in [2.45, 2.75) is 19.9 Å². The van der Waals surface area contributed by atoms with E-state index in [2.05, 4.69) is 44.2 Å². The first-order valence-electron chi connectivity index (χ1n) is 8.63. The average molecular weight is 377 g/mol. The van der Waals surface area contributed by atoms with Crippen LogP contribution in [0.2, 0.25) is 0 Å². The second-order valence-electron chi connectivity index (χ2n) is 5.83. The maximum atomic E-state index is 5.19. The molecule has 1 aromatic carbocycles. The van der Waals surface area contributed by atoms with Gasteiger partial charge in [0.05, 0.1) is 7.11 Å². The van der Waals surface area contributed by atoms with Crippen molar-refractivity contribution in [1.82, 2.24) is 25.4 Å². The fourth-order valence-corrected chi connectivity index (χ4v) is 2.61. The van der Waals surface area contributed by atoms with Crippen LogP contribution < -0.4 is 15.4 Å². The largest absolute Gasteiger partial charge is 0.497 e. The van der Waals surface area contributed by atoms with Gasteiger partial charge in [0.1, 0.15) is 18.1 Å². The van der Waals surface area contributed by atoms with E-state index < -0.39 is 0 Å². The van der Waals surface area contributed by atoms with Crippen molar-refractivity contribution < 1.29 is 4.74 Å². The molecule has 0 saturated heterocycles. The second kappa shape index (κ2) is 10.7. The molecule has 1 aromatic heterocycles. The zero-order valence-electron chi connectivity index (χ0n) is 16.0. The minimum Gasteiger partial charge on any atom is -0.497 e. The molecule has 7 nitrogen and oxygen atoms in total. The highest BCUT2D eigenvalue weighted by atomic mass is 32.2. The third kappa shape index (κ3) is 6.25. The first-order chi connectivity index (χ1) is 12.6. The van der Waals surface area contributed by atoms with Crippen LogP contribution in [0.3, 0.4) is 0 Å². The number of aromatic nitrogens is 3. The van der Waals surface area contributed by atoms with Crippen LogP contribution in [0.4, 0.5) is 0 Å². The molecule has 0 saturated carbocycles. The monoisotopic (exact) mass is 376 g/mol. The number of aliphatic imine (C=N–C) groups is 1. The molecule has 0 radical (unpaired) electrons. The van der Waals surface area contributed by atoms with Crippen molar-refractivity contribution in [3.8, 4) is 5.75 Å². The minimum absolute atomic E-state index is 0.495. The molecule has 0 fully saturated rings. The molecule has 0 aliphatic heterocycles. The van der Waals surface area contributed by atoms with E-state index in [1.807, 2.05) is 30.7 Å². The molecule has 26 heavy (non-hydrogen) atoms. The number of rotatable bonds is 9. The zero-order valence-corrected chi connectivity index (χ0v) is 16.8. The van der Waals surface area contributed by atoms with Gasteiger partial charge in [-0.25, -0.2) is 4.99 Å². The summed E-state index contributed by atoms with van der Waals surface area (Å²) < 4.78 is 7.15. The zero-order chi connectivity index (χ0) is 18.8. The van der Waals surface area contributed by atoms with Gasteiger partial charge in [-0.2, -0.15) is 11.8 Å². The van der Waals surface area contributed by atoms with Gasteiger partial charge in [0.25, 0.3) is 0 Å². The van der Waals surface area contributed by atoms with Crippen LogP contribution in [0, 0.1) is 6.92 Å². The van der Waals surface area contributed by atoms with E-state index in [0.29, 0.717) is 6.54 Å². The van der Waals surface area contributed by atoms with Gasteiger partial charge >= 0.3 is 0 Å². The summed E-state index contributed by atoms with van der Waals surface area (Å²) in [5.41, 5.74) is 1.26. The van der Waals surface area contributed by atoms with Gasteiger partial charge in [-0.05, 0) is 37.3 Å². The first-order valence-corrected chi connectivity index (χ1v) is 10.0. The second-order valence-corrected chi connectivity index (χ2v) is 6.82. The normalized spacial score (nSPS) is 11.5. The molecular weight excluding hydrogens is 348 g/mol. The predicted octanol–water partition coefficient (Wildman–Crippen LogP) is 1.77. The predicted molar refractivity (Wildman–Crippen MR) is 108 cm³/mol. The van der Waals surface area contributed by atoms with Crippen molar-refractivity contribution in [2.24, 2.45) is 12.0 Å². The Bertz CT molecular complexity index is 698. The van der Waals surface area contributed by atoms with Gasteiger partial charge in [0, 0.05) is 25.9 Å². The molecule has 142 valence electrons. The Morgan fingerprint density at radius 1 is 1.19 bits per heavy atom. The summed E-state index contributed by atoms with van der Waals surface area (Å²) in [5.74, 6) is 4.44. The van der Waals surface area contributed by atoms with E-state index in [1.165, 1.54) is 5.56 Å². The Kier molecular flexibility index (Phi) is 8.27. The Balaban J connectivity index is 1.90. The minimum atomic E-state index is 0.495. The van der Waals surface area contributed by atoms with Gasteiger partial charge in [0.15, 0.2) is 11.8 Å². The summed E-state index contributed by atoms with van der Waals surface area (Å²) in [7, 11) is 3.64. The summed E-state index contributed by atoms with van der Waals surface area (Å²) in [6, 6.07) is 8.14. The van der Waals surface area contributed by atoms with E-state index in [9.17, 15) is 0 Å². The third-order valence-electron chi connectivity index (χ3n) is 4.03.